The van der Waals surface area contributed by atoms with Crippen LogP contribution in [-0.2, 0) is 0 Å². The number of likely N-dealkylation sites (N-methyl/N-ethyl adjacent to an activating group) is 2. The molecule has 0 fully saturated rings. The predicted octanol–water partition coefficient (Wildman–Crippen LogP) is 4.41. The molecule has 0 unspecified atom stereocenters. The summed E-state index contributed by atoms with van der Waals surface area (Å²) in [5.41, 5.74) is 2.75. The number of hydrogen-bond donors (Lipinski definition) is 2. The number of rotatable bonds is 8. The summed E-state index contributed by atoms with van der Waals surface area (Å²) in [5.74, 6) is -0.0598. The van der Waals surface area contributed by atoms with Crippen LogP contribution in [0.3, 0.4) is 0 Å². The third kappa shape index (κ3) is 4.75. The molecule has 33 heavy (non-hydrogen) atoms. The summed E-state index contributed by atoms with van der Waals surface area (Å²) in [7, 11) is 5.74. The summed E-state index contributed by atoms with van der Waals surface area (Å²) in [4.78, 5) is 26.9. The number of nitro benzene ring substituents is 1. The van der Waals surface area contributed by atoms with Crippen LogP contribution in [0.1, 0.15) is 0 Å². The number of para-hydroxylation sites is 1. The van der Waals surface area contributed by atoms with Gasteiger partial charge in [0.1, 0.15) is 11.5 Å². The molecule has 0 bridgehead atoms. The third-order valence-corrected chi connectivity index (χ3v) is 5.32. The number of anilines is 3. The SMILES string of the molecule is CN(C)CCN(C)c1ccc(Nc2nccc(-c3c[nH]c4c(F)cccc34)n2)cc1[N+](=O)[O-]. The number of nitrogens with one attached hydrogen (secondary N) is 2. The second-order valence-electron chi connectivity index (χ2n) is 7.94. The first-order chi connectivity index (χ1) is 15.8. The summed E-state index contributed by atoms with van der Waals surface area (Å²) in [5, 5.41) is 15.5. The average molecular weight is 449 g/mol. The van der Waals surface area contributed by atoms with Gasteiger partial charge in [-0.05, 0) is 38.4 Å². The standard InChI is InChI=1S/C23H24FN7O2/c1-29(2)11-12-30(3)20-8-7-15(13-21(20)31(32)33)27-23-25-10-9-19(28-23)17-14-26-22-16(17)5-4-6-18(22)24/h4-10,13-14,26H,11-12H2,1-3H3,(H,25,27,28). The number of nitrogens with zero attached hydrogens (tertiary/aromatic N) is 5. The third-order valence-electron chi connectivity index (χ3n) is 5.32. The van der Waals surface area contributed by atoms with Gasteiger partial charge in [-0.1, -0.05) is 12.1 Å². The van der Waals surface area contributed by atoms with Gasteiger partial charge >= 0.3 is 0 Å². The fraction of sp³-hybridized carbons (Fsp3) is 0.217. The van der Waals surface area contributed by atoms with E-state index in [-0.39, 0.29) is 17.5 Å². The van der Waals surface area contributed by atoms with E-state index in [0.717, 1.165) is 12.1 Å². The van der Waals surface area contributed by atoms with E-state index in [1.165, 1.54) is 12.1 Å². The van der Waals surface area contributed by atoms with Gasteiger partial charge in [-0.3, -0.25) is 10.1 Å². The summed E-state index contributed by atoms with van der Waals surface area (Å²) >= 11 is 0. The van der Waals surface area contributed by atoms with Crippen molar-refractivity contribution in [2.24, 2.45) is 0 Å². The minimum Gasteiger partial charge on any atom is -0.368 e. The van der Waals surface area contributed by atoms with E-state index in [0.29, 0.717) is 34.5 Å². The molecular weight excluding hydrogens is 425 g/mol. The molecule has 10 heteroatoms. The van der Waals surface area contributed by atoms with E-state index in [1.54, 1.807) is 36.7 Å². The number of H-pyrrole nitrogens is 1. The summed E-state index contributed by atoms with van der Waals surface area (Å²) in [6.07, 6.45) is 3.28. The Labute approximate surface area is 190 Å². The lowest BCUT2D eigenvalue weighted by Crippen LogP contribution is -2.28. The van der Waals surface area contributed by atoms with Crippen LogP contribution >= 0.6 is 0 Å². The first kappa shape index (κ1) is 22.2. The lowest BCUT2D eigenvalue weighted by molar-refractivity contribution is -0.384. The summed E-state index contributed by atoms with van der Waals surface area (Å²) in [6, 6.07) is 11.5. The number of benzene rings is 2. The Morgan fingerprint density at radius 3 is 2.73 bits per heavy atom. The molecule has 0 atom stereocenters. The molecule has 2 aromatic carbocycles. The zero-order chi connectivity index (χ0) is 23.5. The van der Waals surface area contributed by atoms with Gasteiger partial charge in [-0.2, -0.15) is 0 Å². The van der Waals surface area contributed by atoms with Gasteiger partial charge in [0.15, 0.2) is 0 Å². The molecule has 2 heterocycles. The molecule has 0 amide bonds. The molecule has 0 aliphatic heterocycles. The largest absolute Gasteiger partial charge is 0.368 e. The Bertz CT molecular complexity index is 1310. The maximum atomic E-state index is 14.0. The van der Waals surface area contributed by atoms with Crippen molar-refractivity contribution in [2.45, 2.75) is 0 Å². The molecule has 0 spiro atoms. The van der Waals surface area contributed by atoms with E-state index in [2.05, 4.69) is 20.3 Å². The fourth-order valence-corrected chi connectivity index (χ4v) is 3.57. The van der Waals surface area contributed by atoms with Crippen LogP contribution in [-0.4, -0.2) is 59.0 Å². The fourth-order valence-electron chi connectivity index (χ4n) is 3.57. The summed E-state index contributed by atoms with van der Waals surface area (Å²) in [6.45, 7) is 1.42. The molecule has 0 radical (unpaired) electrons. The quantitative estimate of drug-likeness (QED) is 0.303. The molecule has 9 nitrogen and oxygen atoms in total. The van der Waals surface area contributed by atoms with Crippen molar-refractivity contribution >= 4 is 33.9 Å². The van der Waals surface area contributed by atoms with Crippen LogP contribution < -0.4 is 10.2 Å². The van der Waals surface area contributed by atoms with Gasteiger partial charge in [0.2, 0.25) is 5.95 Å². The number of hydrogen-bond acceptors (Lipinski definition) is 7. The zero-order valence-electron chi connectivity index (χ0n) is 18.5. The highest BCUT2D eigenvalue weighted by Gasteiger charge is 2.19. The Kier molecular flexibility index (Phi) is 6.18. The van der Waals surface area contributed by atoms with Gasteiger partial charge in [0, 0.05) is 55.2 Å². The van der Waals surface area contributed by atoms with Gasteiger partial charge in [0.25, 0.3) is 5.69 Å². The highest BCUT2D eigenvalue weighted by Crippen LogP contribution is 2.32. The Hall–Kier alpha value is -4.05. The molecule has 170 valence electrons. The Balaban J connectivity index is 1.61. The molecule has 2 N–H and O–H groups in total. The van der Waals surface area contributed by atoms with Crippen LogP contribution in [0.2, 0.25) is 0 Å². The second-order valence-corrected chi connectivity index (χ2v) is 7.94. The van der Waals surface area contributed by atoms with Crippen molar-refractivity contribution in [3.8, 4) is 11.3 Å². The maximum absolute atomic E-state index is 14.0. The van der Waals surface area contributed by atoms with Crippen molar-refractivity contribution in [3.05, 3.63) is 70.8 Å². The minimum absolute atomic E-state index is 0.00971. The van der Waals surface area contributed by atoms with Crippen LogP contribution in [0.5, 0.6) is 0 Å². The van der Waals surface area contributed by atoms with Crippen molar-refractivity contribution in [2.75, 3.05) is 44.4 Å². The van der Waals surface area contributed by atoms with Crippen LogP contribution in [0.25, 0.3) is 22.2 Å². The zero-order valence-corrected chi connectivity index (χ0v) is 18.5. The van der Waals surface area contributed by atoms with Gasteiger partial charge in [0.05, 0.1) is 16.1 Å². The lowest BCUT2D eigenvalue weighted by Gasteiger charge is -2.21. The molecule has 2 aromatic heterocycles. The van der Waals surface area contributed by atoms with E-state index >= 15 is 0 Å². The first-order valence-electron chi connectivity index (χ1n) is 10.3. The van der Waals surface area contributed by atoms with Crippen LogP contribution in [0.4, 0.5) is 27.4 Å². The number of nitro groups is 1. The topological polar surface area (TPSA) is 103 Å². The molecule has 0 aliphatic rings. The smallest absolute Gasteiger partial charge is 0.294 e. The number of aromatic nitrogens is 3. The average Bonchev–Trinajstić information content (AvgIpc) is 3.23. The number of halogens is 1. The normalized spacial score (nSPS) is 11.2. The minimum atomic E-state index is -0.398. The molecule has 4 aromatic rings. The highest BCUT2D eigenvalue weighted by atomic mass is 19.1. The van der Waals surface area contributed by atoms with Crippen molar-refractivity contribution in [1.29, 1.82) is 0 Å². The summed E-state index contributed by atoms with van der Waals surface area (Å²) < 4.78 is 14.0. The van der Waals surface area contributed by atoms with Gasteiger partial charge in [-0.15, -0.1) is 0 Å². The molecule has 4 rings (SSSR count). The highest BCUT2D eigenvalue weighted by molar-refractivity contribution is 5.95. The van der Waals surface area contributed by atoms with Crippen molar-refractivity contribution < 1.29 is 9.31 Å². The molecule has 0 saturated heterocycles. The van der Waals surface area contributed by atoms with E-state index in [1.807, 2.05) is 37.0 Å². The monoisotopic (exact) mass is 449 g/mol. The van der Waals surface area contributed by atoms with Crippen molar-refractivity contribution in [1.82, 2.24) is 19.9 Å². The molecular formula is C23H24FN7O2. The van der Waals surface area contributed by atoms with Crippen molar-refractivity contribution in [3.63, 3.8) is 0 Å². The predicted molar refractivity (Wildman–Crippen MR) is 127 cm³/mol. The number of aromatic amines is 1. The van der Waals surface area contributed by atoms with Gasteiger partial charge < -0.3 is 20.1 Å². The Morgan fingerprint density at radius 2 is 1.97 bits per heavy atom. The van der Waals surface area contributed by atoms with E-state index in [9.17, 15) is 14.5 Å². The first-order valence-corrected chi connectivity index (χ1v) is 10.3. The Morgan fingerprint density at radius 1 is 1.15 bits per heavy atom. The maximum Gasteiger partial charge on any atom is 0.294 e. The number of fused-ring (bicyclic) bond motifs is 1. The van der Waals surface area contributed by atoms with Crippen LogP contribution in [0.15, 0.2) is 54.9 Å². The van der Waals surface area contributed by atoms with E-state index in [4.69, 9.17) is 0 Å². The molecule has 0 saturated carbocycles. The van der Waals surface area contributed by atoms with Gasteiger partial charge in [-0.25, -0.2) is 14.4 Å². The van der Waals surface area contributed by atoms with Crippen LogP contribution in [0, 0.1) is 15.9 Å². The second kappa shape index (κ2) is 9.21. The lowest BCUT2D eigenvalue weighted by atomic mass is 10.1. The van der Waals surface area contributed by atoms with E-state index < -0.39 is 4.92 Å². The molecule has 0 aliphatic carbocycles.